The number of fused-ring (bicyclic) bond motifs is 1. The number of aromatic nitrogens is 1. The van der Waals surface area contributed by atoms with Gasteiger partial charge in [0.1, 0.15) is 12.7 Å². The van der Waals surface area contributed by atoms with Crippen molar-refractivity contribution >= 4 is 34.6 Å². The number of piperidine rings is 1. The maximum Gasteiger partial charge on any atom is 0.410 e. The molecule has 1 aromatic heterocycles. The van der Waals surface area contributed by atoms with Crippen LogP contribution in [0.2, 0.25) is 0 Å². The Bertz CT molecular complexity index is 1150. The highest BCUT2D eigenvalue weighted by Crippen LogP contribution is 2.26. The van der Waals surface area contributed by atoms with E-state index in [0.29, 0.717) is 30.6 Å². The molecule has 4 rings (SSSR count). The molecule has 0 aliphatic carbocycles. The Balaban J connectivity index is 1.56. The fraction of sp³-hybridized carbons (Fsp3) is 0.280. The van der Waals surface area contributed by atoms with Crippen molar-refractivity contribution in [2.75, 3.05) is 11.9 Å². The highest BCUT2D eigenvalue weighted by molar-refractivity contribution is 6.03. The summed E-state index contributed by atoms with van der Waals surface area (Å²) in [5, 5.41) is 3.74. The second-order valence-electron chi connectivity index (χ2n) is 7.84. The van der Waals surface area contributed by atoms with Gasteiger partial charge in [0.25, 0.3) is 5.91 Å². The van der Waals surface area contributed by atoms with Crippen molar-refractivity contribution in [3.63, 3.8) is 0 Å². The van der Waals surface area contributed by atoms with E-state index < -0.39 is 30.1 Å². The summed E-state index contributed by atoms with van der Waals surface area (Å²) in [7, 11) is 0. The van der Waals surface area contributed by atoms with Crippen LogP contribution in [0.5, 0.6) is 0 Å². The van der Waals surface area contributed by atoms with Crippen molar-refractivity contribution in [2.45, 2.75) is 38.5 Å². The van der Waals surface area contributed by atoms with Gasteiger partial charge in [-0.05, 0) is 30.5 Å². The van der Waals surface area contributed by atoms with Gasteiger partial charge in [-0.25, -0.2) is 4.79 Å². The van der Waals surface area contributed by atoms with Crippen LogP contribution in [-0.2, 0) is 25.7 Å². The number of carbonyl (C=O) groups is 3. The van der Waals surface area contributed by atoms with E-state index in [4.69, 9.17) is 9.47 Å². The number of rotatable bonds is 5. The Hall–Kier alpha value is -3.94. The lowest BCUT2D eigenvalue weighted by Crippen LogP contribution is -2.57. The predicted octanol–water partition coefficient (Wildman–Crippen LogP) is 3.91. The Kier molecular flexibility index (Phi) is 6.83. The summed E-state index contributed by atoms with van der Waals surface area (Å²) in [5.41, 5.74) is 1.98. The van der Waals surface area contributed by atoms with Crippen molar-refractivity contribution in [1.29, 1.82) is 0 Å². The van der Waals surface area contributed by atoms with Crippen LogP contribution in [0.15, 0.2) is 66.9 Å². The molecule has 2 aromatic carbocycles. The number of para-hydroxylation sites is 1. The zero-order valence-electron chi connectivity index (χ0n) is 18.3. The maximum absolute atomic E-state index is 13.4. The molecule has 8 heteroatoms. The fourth-order valence-corrected chi connectivity index (χ4v) is 4.03. The molecule has 170 valence electrons. The van der Waals surface area contributed by atoms with Crippen LogP contribution in [0, 0.1) is 0 Å². The number of hydrogen-bond acceptors (Lipinski definition) is 6. The fourth-order valence-electron chi connectivity index (χ4n) is 4.03. The van der Waals surface area contributed by atoms with Crippen LogP contribution in [-0.4, -0.2) is 46.5 Å². The SMILES string of the molecule is CC(=O)O[C@@H]1CCCN(C(=O)OCc2ccccc2)[C@@H]1C(=O)Nc1cccc2cccnc12. The molecule has 8 nitrogen and oxygen atoms in total. The Morgan fingerprint density at radius 3 is 2.64 bits per heavy atom. The number of hydrogen-bond donors (Lipinski definition) is 1. The third kappa shape index (κ3) is 5.28. The zero-order valence-corrected chi connectivity index (χ0v) is 18.3. The summed E-state index contributed by atoms with van der Waals surface area (Å²) in [6.07, 6.45) is 1.29. The Morgan fingerprint density at radius 1 is 1.06 bits per heavy atom. The van der Waals surface area contributed by atoms with Crippen LogP contribution >= 0.6 is 0 Å². The molecule has 0 saturated carbocycles. The minimum absolute atomic E-state index is 0.0794. The quantitative estimate of drug-likeness (QED) is 0.596. The Morgan fingerprint density at radius 2 is 1.85 bits per heavy atom. The number of nitrogens with one attached hydrogen (secondary N) is 1. The molecule has 3 aromatic rings. The summed E-state index contributed by atoms with van der Waals surface area (Å²) in [5.74, 6) is -0.972. The molecule has 1 saturated heterocycles. The minimum Gasteiger partial charge on any atom is -0.460 e. The van der Waals surface area contributed by atoms with Gasteiger partial charge in [-0.2, -0.15) is 0 Å². The first-order chi connectivity index (χ1) is 16.0. The van der Waals surface area contributed by atoms with Gasteiger partial charge in [0.05, 0.1) is 11.2 Å². The highest BCUT2D eigenvalue weighted by Gasteiger charge is 2.42. The zero-order chi connectivity index (χ0) is 23.2. The second kappa shape index (κ2) is 10.1. The molecule has 1 fully saturated rings. The first-order valence-corrected chi connectivity index (χ1v) is 10.8. The summed E-state index contributed by atoms with van der Waals surface area (Å²) in [6.45, 7) is 1.68. The number of carbonyl (C=O) groups excluding carboxylic acids is 3. The average Bonchev–Trinajstić information content (AvgIpc) is 2.83. The second-order valence-corrected chi connectivity index (χ2v) is 7.84. The topological polar surface area (TPSA) is 97.8 Å². The van der Waals surface area contributed by atoms with Crippen molar-refractivity contribution in [2.24, 2.45) is 0 Å². The number of anilines is 1. The molecule has 1 aliphatic heterocycles. The lowest BCUT2D eigenvalue weighted by atomic mass is 9.98. The lowest BCUT2D eigenvalue weighted by molar-refractivity contribution is -0.154. The van der Waals surface area contributed by atoms with E-state index in [-0.39, 0.29) is 6.61 Å². The number of ether oxygens (including phenoxy) is 2. The maximum atomic E-state index is 13.4. The van der Waals surface area contributed by atoms with E-state index in [9.17, 15) is 14.4 Å². The van der Waals surface area contributed by atoms with Crippen LogP contribution in [0.1, 0.15) is 25.3 Å². The number of amides is 2. The number of nitrogens with zero attached hydrogens (tertiary/aromatic N) is 2. The van der Waals surface area contributed by atoms with Crippen molar-refractivity contribution in [3.05, 3.63) is 72.4 Å². The third-order valence-electron chi connectivity index (χ3n) is 5.49. The van der Waals surface area contributed by atoms with Gasteiger partial charge in [-0.1, -0.05) is 48.5 Å². The smallest absolute Gasteiger partial charge is 0.410 e. The first-order valence-electron chi connectivity index (χ1n) is 10.8. The summed E-state index contributed by atoms with van der Waals surface area (Å²) in [6, 6.07) is 17.4. The molecule has 0 unspecified atom stereocenters. The summed E-state index contributed by atoms with van der Waals surface area (Å²) >= 11 is 0. The van der Waals surface area contributed by atoms with Gasteiger partial charge < -0.3 is 14.8 Å². The van der Waals surface area contributed by atoms with Gasteiger partial charge in [-0.15, -0.1) is 0 Å². The van der Waals surface area contributed by atoms with Gasteiger partial charge in [0.2, 0.25) is 0 Å². The van der Waals surface area contributed by atoms with E-state index in [1.54, 1.807) is 12.3 Å². The van der Waals surface area contributed by atoms with Gasteiger partial charge in [0.15, 0.2) is 6.04 Å². The molecule has 0 bridgehead atoms. The highest BCUT2D eigenvalue weighted by atomic mass is 16.6. The van der Waals surface area contributed by atoms with Gasteiger partial charge >= 0.3 is 12.1 Å². The van der Waals surface area contributed by atoms with Crippen molar-refractivity contribution < 1.29 is 23.9 Å². The van der Waals surface area contributed by atoms with Crippen LogP contribution in [0.25, 0.3) is 10.9 Å². The van der Waals surface area contributed by atoms with Crippen LogP contribution < -0.4 is 5.32 Å². The first kappa shape index (κ1) is 22.3. The van der Waals surface area contributed by atoms with E-state index in [1.807, 2.05) is 54.6 Å². The Labute approximate surface area is 191 Å². The molecular formula is C25H25N3O5. The van der Waals surface area contributed by atoms with Crippen LogP contribution in [0.4, 0.5) is 10.5 Å². The minimum atomic E-state index is -1.02. The third-order valence-corrected chi connectivity index (χ3v) is 5.49. The largest absolute Gasteiger partial charge is 0.460 e. The lowest BCUT2D eigenvalue weighted by Gasteiger charge is -2.38. The average molecular weight is 447 g/mol. The molecular weight excluding hydrogens is 422 g/mol. The molecule has 2 amide bonds. The van der Waals surface area contributed by atoms with E-state index in [0.717, 1.165) is 10.9 Å². The molecule has 33 heavy (non-hydrogen) atoms. The van der Waals surface area contributed by atoms with Crippen LogP contribution in [0.3, 0.4) is 0 Å². The van der Waals surface area contributed by atoms with E-state index in [1.165, 1.54) is 11.8 Å². The molecule has 2 atom stereocenters. The molecule has 1 N–H and O–H groups in total. The molecule has 1 aliphatic rings. The monoisotopic (exact) mass is 447 g/mol. The summed E-state index contributed by atoms with van der Waals surface area (Å²) in [4.78, 5) is 43.8. The predicted molar refractivity (Wildman–Crippen MR) is 122 cm³/mol. The number of benzene rings is 2. The number of pyridine rings is 1. The number of likely N-dealkylation sites (tertiary alicyclic amines) is 1. The van der Waals surface area contributed by atoms with Gasteiger partial charge in [0, 0.05) is 25.1 Å². The molecule has 0 spiro atoms. The van der Waals surface area contributed by atoms with E-state index in [2.05, 4.69) is 10.3 Å². The van der Waals surface area contributed by atoms with E-state index >= 15 is 0 Å². The molecule has 0 radical (unpaired) electrons. The number of esters is 1. The molecule has 2 heterocycles. The van der Waals surface area contributed by atoms with Gasteiger partial charge in [-0.3, -0.25) is 19.5 Å². The standard InChI is InChI=1S/C25H25N3O5/c1-17(29)33-21-13-7-15-28(25(31)32-16-18-8-3-2-4-9-18)23(21)24(30)27-20-12-5-10-19-11-6-14-26-22(19)20/h2-6,8-12,14,21,23H,7,13,15-16H2,1H3,(H,27,30)/t21-,23+/m1/s1. The van der Waals surface area contributed by atoms with Crippen molar-refractivity contribution in [3.8, 4) is 0 Å². The normalized spacial score (nSPS) is 17.9. The summed E-state index contributed by atoms with van der Waals surface area (Å²) < 4.78 is 10.9. The van der Waals surface area contributed by atoms with Crippen molar-refractivity contribution in [1.82, 2.24) is 9.88 Å².